The molecule has 4 atom stereocenters. The van der Waals surface area contributed by atoms with Gasteiger partial charge < -0.3 is 36.3 Å². The molecule has 0 aromatic heterocycles. The van der Waals surface area contributed by atoms with E-state index < -0.39 is 63.8 Å². The minimum atomic E-state index is -2.66. The molecule has 11 nitrogen and oxygen atoms in total. The fourth-order valence-corrected chi connectivity index (χ4v) is 7.00. The van der Waals surface area contributed by atoms with Crippen molar-refractivity contribution in [3.05, 3.63) is 64.4 Å². The third kappa shape index (κ3) is 4.77. The third-order valence-corrected chi connectivity index (χ3v) is 9.04. The lowest BCUT2D eigenvalue weighted by atomic mass is 9.54. The molecule has 2 aromatic carbocycles. The van der Waals surface area contributed by atoms with Gasteiger partial charge in [-0.3, -0.25) is 19.2 Å². The highest BCUT2D eigenvalue weighted by Gasteiger charge is 2.64. The summed E-state index contributed by atoms with van der Waals surface area (Å²) in [6, 6.07) is 9.89. The fourth-order valence-electron chi connectivity index (χ4n) is 7.00. The first kappa shape index (κ1) is 30.7. The summed E-state index contributed by atoms with van der Waals surface area (Å²) >= 11 is 0. The van der Waals surface area contributed by atoms with Gasteiger partial charge in [-0.1, -0.05) is 32.0 Å². The molecular weight excluding hydrogens is 568 g/mol. The van der Waals surface area contributed by atoms with Crippen LogP contribution >= 0.6 is 0 Å². The SMILES string of the molecule is CC(=O)CCC(=O)Nc1ccc(-c2ccc(O)c3c2C[C@H]2C[C@H]4[C@H](C(C)C)C(=O)C(C(N)=O)=C(O)[C@@]4(O)C(=O)C2=C3O)cc1. The van der Waals surface area contributed by atoms with Crippen molar-refractivity contribution in [3.63, 3.8) is 0 Å². The lowest BCUT2D eigenvalue weighted by molar-refractivity contribution is -0.155. The second kappa shape index (κ2) is 11.1. The number of benzene rings is 2. The van der Waals surface area contributed by atoms with Crippen LogP contribution in [0.2, 0.25) is 0 Å². The molecular formula is C33H34N2O9. The number of Topliss-reactive ketones (excluding diaryl/α,β-unsaturated/α-hetero) is 3. The van der Waals surface area contributed by atoms with Gasteiger partial charge in [-0.05, 0) is 66.5 Å². The maximum Gasteiger partial charge on any atom is 0.255 e. The molecule has 44 heavy (non-hydrogen) atoms. The molecule has 0 radical (unpaired) electrons. The van der Waals surface area contributed by atoms with E-state index in [1.54, 1.807) is 44.2 Å². The van der Waals surface area contributed by atoms with Gasteiger partial charge >= 0.3 is 0 Å². The van der Waals surface area contributed by atoms with E-state index in [1.165, 1.54) is 13.0 Å². The van der Waals surface area contributed by atoms with E-state index in [9.17, 15) is 44.4 Å². The quantitative estimate of drug-likeness (QED) is 0.257. The Bertz CT molecular complexity index is 1690. The number of amides is 2. The lowest BCUT2D eigenvalue weighted by Gasteiger charge is -2.50. The van der Waals surface area contributed by atoms with E-state index in [2.05, 4.69) is 5.32 Å². The van der Waals surface area contributed by atoms with Crippen LogP contribution in [0.3, 0.4) is 0 Å². The van der Waals surface area contributed by atoms with Gasteiger partial charge in [0.1, 0.15) is 28.6 Å². The van der Waals surface area contributed by atoms with Gasteiger partial charge in [-0.25, -0.2) is 0 Å². The van der Waals surface area contributed by atoms with Gasteiger partial charge in [0.05, 0.1) is 5.56 Å². The smallest absolute Gasteiger partial charge is 0.255 e. The Kier molecular flexibility index (Phi) is 7.71. The minimum absolute atomic E-state index is 0.00310. The maximum absolute atomic E-state index is 14.0. The van der Waals surface area contributed by atoms with Crippen LogP contribution in [0.15, 0.2) is 53.3 Å². The van der Waals surface area contributed by atoms with Gasteiger partial charge in [0.25, 0.3) is 5.91 Å². The van der Waals surface area contributed by atoms with Gasteiger partial charge in [0, 0.05) is 35.9 Å². The Balaban J connectivity index is 1.57. The number of anilines is 1. The normalized spacial score (nSPS) is 24.5. The van der Waals surface area contributed by atoms with E-state index in [0.29, 0.717) is 22.4 Å². The Labute approximate surface area is 253 Å². The molecule has 1 saturated carbocycles. The molecule has 0 heterocycles. The first-order chi connectivity index (χ1) is 20.7. The van der Waals surface area contributed by atoms with Crippen molar-refractivity contribution in [1.82, 2.24) is 0 Å². The Morgan fingerprint density at radius 3 is 2.27 bits per heavy atom. The highest BCUT2D eigenvalue weighted by molar-refractivity contribution is 6.23. The number of ketones is 3. The number of aliphatic hydroxyl groups is 3. The molecule has 230 valence electrons. The van der Waals surface area contributed by atoms with Gasteiger partial charge in [-0.2, -0.15) is 0 Å². The van der Waals surface area contributed by atoms with Crippen molar-refractivity contribution in [3.8, 4) is 16.9 Å². The van der Waals surface area contributed by atoms with Gasteiger partial charge in [0.2, 0.25) is 11.7 Å². The van der Waals surface area contributed by atoms with E-state index in [4.69, 9.17) is 5.73 Å². The number of phenols is 1. The molecule has 1 fully saturated rings. The zero-order valence-corrected chi connectivity index (χ0v) is 24.5. The number of hydrogen-bond donors (Lipinski definition) is 6. The maximum atomic E-state index is 14.0. The molecule has 0 unspecified atom stereocenters. The monoisotopic (exact) mass is 602 g/mol. The lowest BCUT2D eigenvalue weighted by Crippen LogP contribution is -2.62. The first-order valence-electron chi connectivity index (χ1n) is 14.4. The number of aromatic hydroxyl groups is 1. The summed E-state index contributed by atoms with van der Waals surface area (Å²) in [5.74, 6) is -8.64. The van der Waals surface area contributed by atoms with E-state index in [1.807, 2.05) is 0 Å². The summed E-state index contributed by atoms with van der Waals surface area (Å²) < 4.78 is 0. The van der Waals surface area contributed by atoms with E-state index >= 15 is 0 Å². The van der Waals surface area contributed by atoms with Crippen molar-refractivity contribution in [2.75, 3.05) is 5.32 Å². The molecule has 3 aliphatic carbocycles. The Morgan fingerprint density at radius 2 is 1.68 bits per heavy atom. The standard InChI is InChI=1S/C33H34N2O9/c1-14(2)24-21-13-17-12-20-19(16-5-7-18(8-6-16)35-23(38)11-4-15(3)36)9-10-22(37)26(20)29(40)25(17)30(41)33(21,44)31(42)27(28(24)39)32(34)43/h5-10,14,17,21,24,37,40,42,44H,4,11-13H2,1-3H3,(H2,34,43)(H,35,38)/t17-,21-,24-,33-/m0/s1. The third-order valence-electron chi connectivity index (χ3n) is 9.04. The van der Waals surface area contributed by atoms with Crippen molar-refractivity contribution in [2.24, 2.45) is 29.4 Å². The molecule has 11 heteroatoms. The van der Waals surface area contributed by atoms with Crippen LogP contribution in [-0.4, -0.2) is 55.2 Å². The Hall–Kier alpha value is -4.77. The summed E-state index contributed by atoms with van der Waals surface area (Å²) in [4.78, 5) is 62.8. The van der Waals surface area contributed by atoms with Crippen LogP contribution < -0.4 is 11.1 Å². The second-order valence-corrected chi connectivity index (χ2v) is 12.1. The molecule has 3 aliphatic rings. The zero-order valence-electron chi connectivity index (χ0n) is 24.5. The fraction of sp³-hybridized carbons (Fsp3) is 0.364. The van der Waals surface area contributed by atoms with E-state index in [0.717, 1.165) is 0 Å². The molecule has 7 N–H and O–H groups in total. The van der Waals surface area contributed by atoms with Crippen molar-refractivity contribution >= 4 is 40.6 Å². The molecule has 0 saturated heterocycles. The summed E-state index contributed by atoms with van der Waals surface area (Å²) in [5, 5.41) is 47.8. The molecule has 0 bridgehead atoms. The summed E-state index contributed by atoms with van der Waals surface area (Å²) in [6.07, 6.45) is 0.380. The molecule has 2 amide bonds. The number of carbonyl (C=O) groups is 5. The number of primary amides is 1. The van der Waals surface area contributed by atoms with Gasteiger partial charge in [0.15, 0.2) is 11.4 Å². The summed E-state index contributed by atoms with van der Waals surface area (Å²) in [7, 11) is 0. The number of aliphatic hydroxyl groups excluding tert-OH is 2. The number of nitrogens with two attached hydrogens (primary N) is 1. The van der Waals surface area contributed by atoms with Crippen LogP contribution in [0, 0.1) is 23.7 Å². The number of rotatable bonds is 7. The number of fused-ring (bicyclic) bond motifs is 3. The van der Waals surface area contributed by atoms with Crippen LogP contribution in [0.1, 0.15) is 51.2 Å². The number of phenolic OH excluding ortho intramolecular Hbond substituents is 1. The average molecular weight is 603 g/mol. The number of nitrogens with one attached hydrogen (secondary N) is 1. The summed E-state index contributed by atoms with van der Waals surface area (Å²) in [6.45, 7) is 4.83. The number of hydrogen-bond acceptors (Lipinski definition) is 9. The second-order valence-electron chi connectivity index (χ2n) is 12.1. The minimum Gasteiger partial charge on any atom is -0.508 e. The highest BCUT2D eigenvalue weighted by Crippen LogP contribution is 2.55. The largest absolute Gasteiger partial charge is 0.508 e. The topological polar surface area (TPSA) is 204 Å². The molecule has 0 spiro atoms. The van der Waals surface area contributed by atoms with Crippen LogP contribution in [0.4, 0.5) is 5.69 Å². The Morgan fingerprint density at radius 1 is 1.02 bits per heavy atom. The average Bonchev–Trinajstić information content (AvgIpc) is 2.94. The zero-order chi connectivity index (χ0) is 32.2. The van der Waals surface area contributed by atoms with Crippen molar-refractivity contribution in [2.45, 2.75) is 52.1 Å². The van der Waals surface area contributed by atoms with Gasteiger partial charge in [-0.15, -0.1) is 0 Å². The predicted octanol–water partition coefficient (Wildman–Crippen LogP) is 3.28. The van der Waals surface area contributed by atoms with Crippen molar-refractivity contribution < 1.29 is 44.4 Å². The first-order valence-corrected chi connectivity index (χ1v) is 14.4. The van der Waals surface area contributed by atoms with Crippen LogP contribution in [0.25, 0.3) is 16.9 Å². The van der Waals surface area contributed by atoms with Crippen LogP contribution in [0.5, 0.6) is 5.75 Å². The summed E-state index contributed by atoms with van der Waals surface area (Å²) in [5.41, 5.74) is 4.07. The predicted molar refractivity (Wildman–Crippen MR) is 159 cm³/mol. The highest BCUT2D eigenvalue weighted by atomic mass is 16.3. The van der Waals surface area contributed by atoms with Crippen LogP contribution in [-0.2, 0) is 30.4 Å². The van der Waals surface area contributed by atoms with E-state index in [-0.39, 0.29) is 54.3 Å². The molecule has 5 rings (SSSR count). The molecule has 2 aromatic rings. The molecule has 0 aliphatic heterocycles. The number of carbonyl (C=O) groups excluding carboxylic acids is 5. The van der Waals surface area contributed by atoms with Crippen molar-refractivity contribution in [1.29, 1.82) is 0 Å².